The van der Waals surface area contributed by atoms with Crippen molar-refractivity contribution in [3.8, 4) is 0 Å². The van der Waals surface area contributed by atoms with Gasteiger partial charge in [-0.15, -0.1) is 0 Å². The Morgan fingerprint density at radius 2 is 0.328 bits per heavy atom. The number of rotatable bonds is 53. The van der Waals surface area contributed by atoms with Crippen LogP contribution in [0.15, 0.2) is 0 Å². The minimum absolute atomic E-state index is 0.141. The number of ether oxygens (including phenoxy) is 13. The summed E-state index contributed by atoms with van der Waals surface area (Å²) in [7, 11) is 0. The Kier molecular flexibility index (Phi) is 50.9. The summed E-state index contributed by atoms with van der Waals surface area (Å²) < 4.78 is 72.5. The molecule has 15 heteroatoms. The Morgan fingerprint density at radius 1 is 0.207 bits per heavy atom. The fraction of sp³-hybridized carbons (Fsp3) is 0.953. The van der Waals surface area contributed by atoms with Gasteiger partial charge in [-0.05, 0) is 84.5 Å². The van der Waals surface area contributed by atoms with Crippen molar-refractivity contribution in [2.24, 2.45) is 0 Å². The van der Waals surface area contributed by atoms with Gasteiger partial charge in [0.1, 0.15) is 11.6 Å². The zero-order chi connectivity index (χ0) is 41.9. The molecule has 0 aliphatic heterocycles. The highest BCUT2D eigenvalue weighted by Gasteiger charge is 1.99. The van der Waals surface area contributed by atoms with Gasteiger partial charge in [0, 0.05) is 158 Å². The van der Waals surface area contributed by atoms with E-state index >= 15 is 0 Å². The lowest BCUT2D eigenvalue weighted by Gasteiger charge is -2.08. The summed E-state index contributed by atoms with van der Waals surface area (Å²) in [5.41, 5.74) is 0. The van der Waals surface area contributed by atoms with Gasteiger partial charge in [0.25, 0.3) is 0 Å². The maximum Gasteiger partial charge on any atom is 0.132 e. The molecule has 0 radical (unpaired) electrons. The first-order valence-corrected chi connectivity index (χ1v) is 22.1. The summed E-state index contributed by atoms with van der Waals surface area (Å²) in [4.78, 5) is 21.6. The second kappa shape index (κ2) is 52.0. The lowest BCUT2D eigenvalue weighted by atomic mass is 10.3. The van der Waals surface area contributed by atoms with E-state index in [0.717, 1.165) is 70.6 Å². The van der Waals surface area contributed by atoms with Crippen molar-refractivity contribution in [1.29, 1.82) is 0 Å². The molecule has 58 heavy (non-hydrogen) atoms. The summed E-state index contributed by atoms with van der Waals surface area (Å²) in [6.45, 7) is 20.3. The van der Waals surface area contributed by atoms with Gasteiger partial charge in [-0.2, -0.15) is 0 Å². The first-order valence-electron chi connectivity index (χ1n) is 22.1. The normalized spacial score (nSPS) is 11.6. The topological polar surface area (TPSA) is 154 Å². The molecule has 0 amide bonds. The number of Topliss-reactive ketones (excluding diaryl/α,β-unsaturated/α-hetero) is 2. The molecule has 0 fully saturated rings. The molecule has 0 rings (SSSR count). The quantitative estimate of drug-likeness (QED) is 0.0713. The van der Waals surface area contributed by atoms with Crippen LogP contribution in [0.3, 0.4) is 0 Å². The molecule has 0 N–H and O–H groups in total. The van der Waals surface area contributed by atoms with Crippen LogP contribution in [0.4, 0.5) is 0 Å². The monoisotopic (exact) mass is 841 g/mol. The van der Waals surface area contributed by atoms with Crippen molar-refractivity contribution in [2.45, 2.75) is 97.3 Å². The molecule has 0 saturated heterocycles. The maximum atomic E-state index is 10.8. The van der Waals surface area contributed by atoms with Gasteiger partial charge in [0.15, 0.2) is 0 Å². The van der Waals surface area contributed by atoms with Crippen LogP contribution in [-0.4, -0.2) is 183 Å². The SMILES string of the molecule is CC(=O)CCOCCCOCCCOCCCOCCCOCCCOCCCOCCCOCCCOCCCOCCCOCCCOCCOCCC(C)=O. The molecule has 346 valence electrons. The Morgan fingerprint density at radius 3 is 0.483 bits per heavy atom. The molecule has 0 spiro atoms. The van der Waals surface area contributed by atoms with Gasteiger partial charge >= 0.3 is 0 Å². The summed E-state index contributed by atoms with van der Waals surface area (Å²) in [6, 6.07) is 0. The van der Waals surface area contributed by atoms with Crippen molar-refractivity contribution in [1.82, 2.24) is 0 Å². The number of carbonyl (C=O) groups is 2. The van der Waals surface area contributed by atoms with Crippen LogP contribution in [-0.2, 0) is 71.2 Å². The predicted octanol–water partition coefficient (Wildman–Crippen LogP) is 5.45. The van der Waals surface area contributed by atoms with Crippen LogP contribution >= 0.6 is 0 Å². The summed E-state index contributed by atoms with van der Waals surface area (Å²) in [5.74, 6) is 0.298. The molecule has 15 nitrogen and oxygen atoms in total. The third-order valence-corrected chi connectivity index (χ3v) is 7.92. The van der Waals surface area contributed by atoms with Gasteiger partial charge in [-0.1, -0.05) is 0 Å². The van der Waals surface area contributed by atoms with Crippen LogP contribution < -0.4 is 0 Å². The van der Waals surface area contributed by atoms with E-state index in [9.17, 15) is 9.59 Å². The smallest absolute Gasteiger partial charge is 0.132 e. The third-order valence-electron chi connectivity index (χ3n) is 7.92. The average molecular weight is 841 g/mol. The summed E-state index contributed by atoms with van der Waals surface area (Å²) >= 11 is 0. The molecule has 0 unspecified atom stereocenters. The second-order valence-corrected chi connectivity index (χ2v) is 13.8. The van der Waals surface area contributed by atoms with Crippen molar-refractivity contribution in [3.63, 3.8) is 0 Å². The molecular formula is C43H84O15. The molecule has 0 aromatic rings. The van der Waals surface area contributed by atoms with Crippen LogP contribution in [0.5, 0.6) is 0 Å². The average Bonchev–Trinajstić information content (AvgIpc) is 3.21. The van der Waals surface area contributed by atoms with Gasteiger partial charge in [0.05, 0.1) is 26.4 Å². The van der Waals surface area contributed by atoms with Gasteiger partial charge < -0.3 is 61.6 Å². The number of hydrogen-bond donors (Lipinski definition) is 0. The van der Waals surface area contributed by atoms with E-state index in [4.69, 9.17) is 61.6 Å². The fourth-order valence-electron chi connectivity index (χ4n) is 4.77. The Balaban J connectivity index is 3.07. The van der Waals surface area contributed by atoms with Crippen molar-refractivity contribution in [2.75, 3.05) is 172 Å². The summed E-state index contributed by atoms with van der Waals surface area (Å²) in [5, 5.41) is 0. The second-order valence-electron chi connectivity index (χ2n) is 13.8. The zero-order valence-electron chi connectivity index (χ0n) is 36.7. The van der Waals surface area contributed by atoms with E-state index in [0.29, 0.717) is 185 Å². The highest BCUT2D eigenvalue weighted by atomic mass is 16.5. The van der Waals surface area contributed by atoms with E-state index in [1.807, 2.05) is 0 Å². The first-order chi connectivity index (χ1) is 28.6. The Hall–Kier alpha value is -1.18. The Bertz CT molecular complexity index is 744. The largest absolute Gasteiger partial charge is 0.381 e. The van der Waals surface area contributed by atoms with Crippen LogP contribution in [0.1, 0.15) is 97.3 Å². The predicted molar refractivity (Wildman–Crippen MR) is 222 cm³/mol. The molecule has 0 atom stereocenters. The molecule has 0 aromatic carbocycles. The third kappa shape index (κ3) is 54.8. The minimum atomic E-state index is 0.141. The number of ketones is 2. The number of carbonyl (C=O) groups excluding carboxylic acids is 2. The summed E-state index contributed by atoms with van der Waals surface area (Å²) in [6.07, 6.45) is 10.6. The van der Waals surface area contributed by atoms with E-state index in [2.05, 4.69) is 0 Å². The lowest BCUT2D eigenvalue weighted by molar-refractivity contribution is -0.119. The maximum absolute atomic E-state index is 10.8. The van der Waals surface area contributed by atoms with Crippen molar-refractivity contribution < 1.29 is 71.2 Å². The van der Waals surface area contributed by atoms with Crippen LogP contribution in [0.2, 0.25) is 0 Å². The highest BCUT2D eigenvalue weighted by molar-refractivity contribution is 5.75. The van der Waals surface area contributed by atoms with Gasteiger partial charge in [0.2, 0.25) is 0 Å². The standard InChI is InChI=1S/C43H84O15/c1-42(44)14-38-56-36-12-34-54-32-10-30-52-28-8-26-50-24-6-22-48-20-4-18-46-16-3-17-47-19-5-21-49-23-7-25-51-27-9-29-53-31-11-33-55-35-13-37-57-40-41-58-39-15-43(2)45/h3-41H2,1-2H3. The molecule has 0 aromatic heterocycles. The number of hydrogen-bond acceptors (Lipinski definition) is 15. The van der Waals surface area contributed by atoms with Gasteiger partial charge in [-0.3, -0.25) is 9.59 Å². The lowest BCUT2D eigenvalue weighted by Crippen LogP contribution is -2.09. The van der Waals surface area contributed by atoms with Crippen molar-refractivity contribution >= 4 is 11.6 Å². The van der Waals surface area contributed by atoms with E-state index < -0.39 is 0 Å². The molecule has 0 bridgehead atoms. The van der Waals surface area contributed by atoms with Crippen LogP contribution in [0, 0.1) is 0 Å². The zero-order valence-corrected chi connectivity index (χ0v) is 36.7. The van der Waals surface area contributed by atoms with E-state index in [1.54, 1.807) is 13.8 Å². The molecule has 0 saturated carbocycles. The first kappa shape index (κ1) is 56.8. The van der Waals surface area contributed by atoms with Crippen molar-refractivity contribution in [3.05, 3.63) is 0 Å². The van der Waals surface area contributed by atoms with Crippen LogP contribution in [0.25, 0.3) is 0 Å². The van der Waals surface area contributed by atoms with E-state index in [-0.39, 0.29) is 11.6 Å². The molecule has 0 aliphatic carbocycles. The molecule has 0 heterocycles. The Labute approximate surface area is 351 Å². The molecular weight excluding hydrogens is 756 g/mol. The molecule has 0 aliphatic rings. The van der Waals surface area contributed by atoms with E-state index in [1.165, 1.54) is 0 Å². The minimum Gasteiger partial charge on any atom is -0.381 e. The fourth-order valence-corrected chi connectivity index (χ4v) is 4.77. The van der Waals surface area contributed by atoms with Gasteiger partial charge in [-0.25, -0.2) is 0 Å². The highest BCUT2D eigenvalue weighted by Crippen LogP contribution is 1.97.